The number of aliphatic hydroxyl groups excluding tert-OH is 1. The smallest absolute Gasteiger partial charge is 0.337 e. The number of benzene rings is 1. The van der Waals surface area contributed by atoms with Crippen LogP contribution < -0.4 is 10.6 Å². The monoisotopic (exact) mass is 404 g/mol. The van der Waals surface area contributed by atoms with Crippen LogP contribution in [0.15, 0.2) is 35.5 Å². The van der Waals surface area contributed by atoms with E-state index in [0.717, 1.165) is 0 Å². The number of methoxy groups -OCH3 is 1. The zero-order valence-electron chi connectivity index (χ0n) is 16.1. The lowest BCUT2D eigenvalue weighted by molar-refractivity contribution is -0.136. The third-order valence-electron chi connectivity index (χ3n) is 4.64. The van der Waals surface area contributed by atoms with Gasteiger partial charge in [-0.05, 0) is 18.2 Å². The Labute approximate surface area is 168 Å². The summed E-state index contributed by atoms with van der Waals surface area (Å²) < 4.78 is 10.0. The van der Waals surface area contributed by atoms with Gasteiger partial charge in [0.1, 0.15) is 5.70 Å². The van der Waals surface area contributed by atoms with Crippen molar-refractivity contribution in [2.24, 2.45) is 0 Å². The standard InChI is InChI=1S/C19H24N4O6/c1-28-18(26)15-12-23(5-8-24)17(25)16(15)20-13-3-2-4-14(11-13)21-19(27)22-6-9-29-10-7-22/h2-4,11,20,24H,5-10,12H2,1H3,(H,21,27). The van der Waals surface area contributed by atoms with Crippen molar-refractivity contribution in [1.29, 1.82) is 0 Å². The second-order valence-electron chi connectivity index (χ2n) is 6.53. The summed E-state index contributed by atoms with van der Waals surface area (Å²) in [6.07, 6.45) is 0. The lowest BCUT2D eigenvalue weighted by Gasteiger charge is -2.27. The second kappa shape index (κ2) is 9.39. The first-order valence-corrected chi connectivity index (χ1v) is 9.26. The predicted molar refractivity (Wildman–Crippen MR) is 104 cm³/mol. The van der Waals surface area contributed by atoms with E-state index in [1.54, 1.807) is 29.2 Å². The largest absolute Gasteiger partial charge is 0.466 e. The number of nitrogens with one attached hydrogen (secondary N) is 2. The maximum absolute atomic E-state index is 12.6. The molecule has 1 aromatic rings. The van der Waals surface area contributed by atoms with Crippen LogP contribution in [-0.4, -0.2) is 85.9 Å². The molecule has 2 heterocycles. The number of hydrogen-bond acceptors (Lipinski definition) is 7. The van der Waals surface area contributed by atoms with E-state index in [9.17, 15) is 14.4 Å². The number of urea groups is 1. The lowest BCUT2D eigenvalue weighted by atomic mass is 10.2. The number of morpholine rings is 1. The molecule has 0 radical (unpaired) electrons. The number of nitrogens with zero attached hydrogens (tertiary/aromatic N) is 2. The molecule has 156 valence electrons. The topological polar surface area (TPSA) is 120 Å². The Balaban J connectivity index is 1.74. The molecule has 0 unspecified atom stereocenters. The molecule has 1 saturated heterocycles. The molecule has 0 atom stereocenters. The first-order chi connectivity index (χ1) is 14.0. The van der Waals surface area contributed by atoms with Crippen LogP contribution in [0.5, 0.6) is 0 Å². The van der Waals surface area contributed by atoms with E-state index in [1.165, 1.54) is 12.0 Å². The molecule has 29 heavy (non-hydrogen) atoms. The molecule has 1 fully saturated rings. The molecule has 3 amide bonds. The molecule has 10 nitrogen and oxygen atoms in total. The van der Waals surface area contributed by atoms with Gasteiger partial charge in [-0.15, -0.1) is 0 Å². The van der Waals surface area contributed by atoms with Gasteiger partial charge >= 0.3 is 12.0 Å². The van der Waals surface area contributed by atoms with Crippen LogP contribution >= 0.6 is 0 Å². The van der Waals surface area contributed by atoms with E-state index < -0.39 is 11.9 Å². The number of hydrogen-bond donors (Lipinski definition) is 3. The fraction of sp³-hybridized carbons (Fsp3) is 0.421. The summed E-state index contributed by atoms with van der Waals surface area (Å²) in [6.45, 7) is 2.01. The molecule has 0 bridgehead atoms. The van der Waals surface area contributed by atoms with E-state index in [-0.39, 0.29) is 37.0 Å². The summed E-state index contributed by atoms with van der Waals surface area (Å²) in [4.78, 5) is 40.0. The summed E-state index contributed by atoms with van der Waals surface area (Å²) in [7, 11) is 1.24. The molecule has 2 aliphatic heterocycles. The Morgan fingerprint density at radius 2 is 1.97 bits per heavy atom. The van der Waals surface area contributed by atoms with Gasteiger partial charge in [0.05, 0.1) is 39.0 Å². The first-order valence-electron chi connectivity index (χ1n) is 9.26. The highest BCUT2D eigenvalue weighted by molar-refractivity contribution is 6.08. The Bertz CT molecular complexity index is 819. The van der Waals surface area contributed by atoms with Crippen LogP contribution in [0.25, 0.3) is 0 Å². The van der Waals surface area contributed by atoms with Crippen molar-refractivity contribution in [3.63, 3.8) is 0 Å². The van der Waals surface area contributed by atoms with Gasteiger partial charge in [0, 0.05) is 31.0 Å². The van der Waals surface area contributed by atoms with E-state index in [4.69, 9.17) is 14.6 Å². The van der Waals surface area contributed by atoms with Crippen molar-refractivity contribution >= 4 is 29.3 Å². The third-order valence-corrected chi connectivity index (χ3v) is 4.64. The highest BCUT2D eigenvalue weighted by Crippen LogP contribution is 2.24. The quantitative estimate of drug-likeness (QED) is 0.580. The SMILES string of the molecule is COC(=O)C1=C(Nc2cccc(NC(=O)N3CCOCC3)c2)C(=O)N(CCO)C1. The predicted octanol–water partition coefficient (Wildman–Crippen LogP) is 0.224. The molecule has 2 aliphatic rings. The number of anilines is 2. The van der Waals surface area contributed by atoms with Crippen LogP contribution in [0.1, 0.15) is 0 Å². The fourth-order valence-electron chi connectivity index (χ4n) is 3.14. The van der Waals surface area contributed by atoms with Crippen molar-refractivity contribution in [2.45, 2.75) is 0 Å². The van der Waals surface area contributed by atoms with E-state index >= 15 is 0 Å². The van der Waals surface area contributed by atoms with Crippen LogP contribution in [0.4, 0.5) is 16.2 Å². The maximum Gasteiger partial charge on any atom is 0.337 e. The number of carbonyl (C=O) groups excluding carboxylic acids is 3. The number of esters is 1. The van der Waals surface area contributed by atoms with Crippen molar-refractivity contribution < 1.29 is 29.0 Å². The number of ether oxygens (including phenoxy) is 2. The zero-order chi connectivity index (χ0) is 20.8. The van der Waals surface area contributed by atoms with Gasteiger partial charge in [-0.25, -0.2) is 9.59 Å². The van der Waals surface area contributed by atoms with E-state index in [0.29, 0.717) is 37.7 Å². The Hall–Kier alpha value is -3.11. The van der Waals surface area contributed by atoms with Crippen LogP contribution in [-0.2, 0) is 19.1 Å². The third kappa shape index (κ3) is 4.84. The van der Waals surface area contributed by atoms with Crippen molar-refractivity contribution in [2.75, 3.05) is 63.7 Å². The average Bonchev–Trinajstić information content (AvgIpc) is 3.04. The summed E-state index contributed by atoms with van der Waals surface area (Å²) in [5, 5.41) is 14.9. The van der Waals surface area contributed by atoms with E-state index in [2.05, 4.69) is 10.6 Å². The second-order valence-corrected chi connectivity index (χ2v) is 6.53. The normalized spacial score (nSPS) is 16.8. The van der Waals surface area contributed by atoms with Crippen LogP contribution in [0, 0.1) is 0 Å². The Kier molecular flexibility index (Phi) is 6.68. The molecule has 0 aliphatic carbocycles. The average molecular weight is 404 g/mol. The summed E-state index contributed by atoms with van der Waals surface area (Å²) in [6, 6.07) is 6.61. The molecular weight excluding hydrogens is 380 g/mol. The molecule has 0 saturated carbocycles. The van der Waals surface area contributed by atoms with Crippen LogP contribution in [0.2, 0.25) is 0 Å². The number of rotatable bonds is 6. The van der Waals surface area contributed by atoms with Gasteiger partial charge in [-0.2, -0.15) is 0 Å². The van der Waals surface area contributed by atoms with Gasteiger partial charge < -0.3 is 35.0 Å². The van der Waals surface area contributed by atoms with Crippen molar-refractivity contribution in [1.82, 2.24) is 9.80 Å². The first kappa shape index (κ1) is 20.6. The zero-order valence-corrected chi connectivity index (χ0v) is 16.1. The highest BCUT2D eigenvalue weighted by atomic mass is 16.5. The molecular formula is C19H24N4O6. The Morgan fingerprint density at radius 3 is 2.66 bits per heavy atom. The van der Waals surface area contributed by atoms with Gasteiger partial charge in [-0.3, -0.25) is 4.79 Å². The van der Waals surface area contributed by atoms with E-state index in [1.807, 2.05) is 0 Å². The summed E-state index contributed by atoms with van der Waals surface area (Å²) in [5.41, 5.74) is 1.36. The molecule has 0 spiro atoms. The maximum atomic E-state index is 12.6. The fourth-order valence-corrected chi connectivity index (χ4v) is 3.14. The lowest BCUT2D eigenvalue weighted by Crippen LogP contribution is -2.43. The molecule has 1 aromatic carbocycles. The highest BCUT2D eigenvalue weighted by Gasteiger charge is 2.34. The number of aliphatic hydroxyl groups is 1. The number of carbonyl (C=O) groups is 3. The minimum absolute atomic E-state index is 0.0574. The number of β-amino-alcohol motifs (C(OH)–C–C–N with tert-alkyl or cyclic N) is 1. The van der Waals surface area contributed by atoms with Crippen molar-refractivity contribution in [3.05, 3.63) is 35.5 Å². The molecule has 3 N–H and O–H groups in total. The summed E-state index contributed by atoms with van der Waals surface area (Å²) >= 11 is 0. The van der Waals surface area contributed by atoms with Gasteiger partial charge in [0.15, 0.2) is 0 Å². The molecule has 10 heteroatoms. The Morgan fingerprint density at radius 1 is 1.24 bits per heavy atom. The molecule has 0 aromatic heterocycles. The number of amides is 3. The minimum Gasteiger partial charge on any atom is -0.466 e. The van der Waals surface area contributed by atoms with Gasteiger partial charge in [0.25, 0.3) is 5.91 Å². The van der Waals surface area contributed by atoms with Crippen molar-refractivity contribution in [3.8, 4) is 0 Å². The minimum atomic E-state index is -0.613. The van der Waals surface area contributed by atoms with Gasteiger partial charge in [-0.1, -0.05) is 6.07 Å². The van der Waals surface area contributed by atoms with Crippen LogP contribution in [0.3, 0.4) is 0 Å². The molecule has 3 rings (SSSR count). The summed E-state index contributed by atoms with van der Waals surface area (Å²) in [5.74, 6) is -1.01. The van der Waals surface area contributed by atoms with Gasteiger partial charge in [0.2, 0.25) is 0 Å².